The molecule has 1 aromatic rings. The number of ether oxygens (including phenoxy) is 1. The molecule has 0 spiro atoms. The number of rotatable bonds is 7. The first-order valence-electron chi connectivity index (χ1n) is 5.45. The molecule has 98 valence electrons. The number of carboxylic acids is 2. The van der Waals surface area contributed by atoms with Gasteiger partial charge in [0, 0.05) is 0 Å². The first kappa shape index (κ1) is 14.0. The summed E-state index contributed by atoms with van der Waals surface area (Å²) in [4.78, 5) is 21.5. The summed E-state index contributed by atoms with van der Waals surface area (Å²) >= 11 is 0. The van der Waals surface area contributed by atoms with Crippen molar-refractivity contribution in [3.63, 3.8) is 0 Å². The van der Waals surface area contributed by atoms with Crippen molar-refractivity contribution in [2.75, 3.05) is 13.2 Å². The first-order valence-corrected chi connectivity index (χ1v) is 5.45. The van der Waals surface area contributed by atoms with Gasteiger partial charge in [0.2, 0.25) is 0 Å². The lowest BCUT2D eigenvalue weighted by molar-refractivity contribution is -0.140. The summed E-state index contributed by atoms with van der Waals surface area (Å²) in [6.45, 7) is 1.96. The number of carbonyl (C=O) groups is 2. The maximum Gasteiger partial charge on any atom is 0.325 e. The Morgan fingerprint density at radius 1 is 1.28 bits per heavy atom. The normalized spacial score (nSPS) is 11.8. The molecule has 6 nitrogen and oxygen atoms in total. The lowest BCUT2D eigenvalue weighted by Gasteiger charge is -2.14. The minimum absolute atomic E-state index is 0.413. The van der Waals surface area contributed by atoms with Crippen LogP contribution in [0.15, 0.2) is 24.3 Å². The van der Waals surface area contributed by atoms with Crippen LogP contribution in [-0.4, -0.2) is 35.3 Å². The summed E-state index contributed by atoms with van der Waals surface area (Å²) in [6.07, 6.45) is 0. The molecule has 0 heterocycles. The van der Waals surface area contributed by atoms with Crippen LogP contribution in [0.5, 0.6) is 5.75 Å². The van der Waals surface area contributed by atoms with Gasteiger partial charge < -0.3 is 14.9 Å². The maximum atomic E-state index is 11.0. The van der Waals surface area contributed by atoms with E-state index in [1.165, 1.54) is 0 Å². The second kappa shape index (κ2) is 6.61. The molecule has 1 rings (SSSR count). The maximum absolute atomic E-state index is 11.0. The molecule has 0 amide bonds. The SMILES string of the molecule is CCOc1ccc(C(NCC(=O)O)C(=O)O)cc1. The predicted octanol–water partition coefficient (Wildman–Crippen LogP) is 0.885. The Bertz CT molecular complexity index is 415. The molecule has 0 fully saturated rings. The molecule has 0 aliphatic heterocycles. The second-order valence-corrected chi connectivity index (χ2v) is 3.55. The summed E-state index contributed by atoms with van der Waals surface area (Å²) in [7, 11) is 0. The third kappa shape index (κ3) is 4.06. The smallest absolute Gasteiger partial charge is 0.325 e. The molecule has 0 bridgehead atoms. The molecule has 0 aromatic heterocycles. The van der Waals surface area contributed by atoms with Gasteiger partial charge in [-0.05, 0) is 24.6 Å². The predicted molar refractivity (Wildman–Crippen MR) is 63.6 cm³/mol. The standard InChI is InChI=1S/C12H15NO5/c1-2-18-9-5-3-8(4-6-9)11(12(16)17)13-7-10(14)15/h3-6,11,13H,2,7H2,1H3,(H,14,15)(H,16,17). The van der Waals surface area contributed by atoms with E-state index in [0.717, 1.165) is 0 Å². The highest BCUT2D eigenvalue weighted by atomic mass is 16.5. The van der Waals surface area contributed by atoms with E-state index in [9.17, 15) is 9.59 Å². The number of hydrogen-bond acceptors (Lipinski definition) is 4. The summed E-state index contributed by atoms with van der Waals surface area (Å²) in [5, 5.41) is 20.0. The molecular weight excluding hydrogens is 238 g/mol. The van der Waals surface area contributed by atoms with Gasteiger partial charge in [-0.3, -0.25) is 14.9 Å². The van der Waals surface area contributed by atoms with Crippen LogP contribution in [0.2, 0.25) is 0 Å². The van der Waals surface area contributed by atoms with Crippen molar-refractivity contribution in [1.82, 2.24) is 5.32 Å². The van der Waals surface area contributed by atoms with Crippen molar-refractivity contribution in [3.8, 4) is 5.75 Å². The quantitative estimate of drug-likeness (QED) is 0.667. The summed E-state index contributed by atoms with van der Waals surface area (Å²) in [5.41, 5.74) is 0.479. The van der Waals surface area contributed by atoms with Gasteiger partial charge in [0.25, 0.3) is 0 Å². The Labute approximate surface area is 104 Å². The number of benzene rings is 1. The van der Waals surface area contributed by atoms with Crippen LogP contribution in [0, 0.1) is 0 Å². The highest BCUT2D eigenvalue weighted by Gasteiger charge is 2.19. The van der Waals surface area contributed by atoms with Crippen molar-refractivity contribution in [3.05, 3.63) is 29.8 Å². The van der Waals surface area contributed by atoms with E-state index in [1.807, 2.05) is 6.92 Å². The minimum Gasteiger partial charge on any atom is -0.494 e. The van der Waals surface area contributed by atoms with Gasteiger partial charge in [-0.15, -0.1) is 0 Å². The number of carboxylic acid groups (broad SMARTS) is 2. The van der Waals surface area contributed by atoms with Crippen LogP contribution in [0.4, 0.5) is 0 Å². The number of aliphatic carboxylic acids is 2. The van der Waals surface area contributed by atoms with E-state index >= 15 is 0 Å². The van der Waals surface area contributed by atoms with Gasteiger partial charge in [0.15, 0.2) is 0 Å². The monoisotopic (exact) mass is 253 g/mol. The summed E-state index contributed by atoms with van der Waals surface area (Å²) < 4.78 is 5.24. The Balaban J connectivity index is 2.78. The Hall–Kier alpha value is -2.08. The van der Waals surface area contributed by atoms with Gasteiger partial charge in [0.1, 0.15) is 11.8 Å². The molecule has 0 aliphatic carbocycles. The topological polar surface area (TPSA) is 95.9 Å². The van der Waals surface area contributed by atoms with Gasteiger partial charge >= 0.3 is 11.9 Å². The molecule has 0 aliphatic rings. The summed E-state index contributed by atoms with van der Waals surface area (Å²) in [6, 6.07) is 5.45. The van der Waals surface area contributed by atoms with Crippen molar-refractivity contribution >= 4 is 11.9 Å². The minimum atomic E-state index is -1.12. The first-order chi connectivity index (χ1) is 8.54. The Morgan fingerprint density at radius 3 is 2.33 bits per heavy atom. The zero-order valence-electron chi connectivity index (χ0n) is 9.92. The van der Waals surface area contributed by atoms with E-state index in [2.05, 4.69) is 5.32 Å². The number of hydrogen-bond donors (Lipinski definition) is 3. The highest BCUT2D eigenvalue weighted by Crippen LogP contribution is 2.18. The zero-order chi connectivity index (χ0) is 13.5. The van der Waals surface area contributed by atoms with Crippen LogP contribution < -0.4 is 10.1 Å². The zero-order valence-corrected chi connectivity index (χ0v) is 9.92. The van der Waals surface area contributed by atoms with Crippen LogP contribution in [0.1, 0.15) is 18.5 Å². The van der Waals surface area contributed by atoms with Gasteiger partial charge in [0.05, 0.1) is 13.2 Å². The van der Waals surface area contributed by atoms with Crippen LogP contribution >= 0.6 is 0 Å². The molecule has 0 saturated carbocycles. The van der Waals surface area contributed by atoms with Crippen molar-refractivity contribution in [1.29, 1.82) is 0 Å². The van der Waals surface area contributed by atoms with Gasteiger partial charge in [-0.1, -0.05) is 12.1 Å². The molecule has 1 aromatic carbocycles. The molecule has 18 heavy (non-hydrogen) atoms. The third-order valence-corrected chi connectivity index (χ3v) is 2.23. The average Bonchev–Trinajstić information content (AvgIpc) is 2.31. The van der Waals surface area contributed by atoms with Crippen molar-refractivity contribution < 1.29 is 24.5 Å². The van der Waals surface area contributed by atoms with Crippen LogP contribution in [-0.2, 0) is 9.59 Å². The molecule has 3 N–H and O–H groups in total. The lowest BCUT2D eigenvalue weighted by atomic mass is 10.1. The van der Waals surface area contributed by atoms with Gasteiger partial charge in [-0.2, -0.15) is 0 Å². The van der Waals surface area contributed by atoms with Crippen molar-refractivity contribution in [2.45, 2.75) is 13.0 Å². The highest BCUT2D eigenvalue weighted by molar-refractivity contribution is 5.77. The molecule has 6 heteroatoms. The molecule has 0 saturated heterocycles. The molecule has 0 radical (unpaired) electrons. The van der Waals surface area contributed by atoms with E-state index < -0.39 is 24.5 Å². The fraction of sp³-hybridized carbons (Fsp3) is 0.333. The molecule has 1 unspecified atom stereocenters. The molecule has 1 atom stereocenters. The van der Waals surface area contributed by atoms with E-state index in [0.29, 0.717) is 17.9 Å². The van der Waals surface area contributed by atoms with Gasteiger partial charge in [-0.25, -0.2) is 0 Å². The van der Waals surface area contributed by atoms with E-state index in [4.69, 9.17) is 14.9 Å². The Kier molecular flexibility index (Phi) is 5.13. The lowest BCUT2D eigenvalue weighted by Crippen LogP contribution is -2.32. The third-order valence-electron chi connectivity index (χ3n) is 2.23. The second-order valence-electron chi connectivity index (χ2n) is 3.55. The van der Waals surface area contributed by atoms with E-state index in [1.54, 1.807) is 24.3 Å². The van der Waals surface area contributed by atoms with Crippen LogP contribution in [0.3, 0.4) is 0 Å². The van der Waals surface area contributed by atoms with Crippen LogP contribution in [0.25, 0.3) is 0 Å². The molecular formula is C12H15NO5. The fourth-order valence-electron chi connectivity index (χ4n) is 1.46. The number of nitrogens with one attached hydrogen (secondary N) is 1. The van der Waals surface area contributed by atoms with E-state index in [-0.39, 0.29) is 0 Å². The van der Waals surface area contributed by atoms with Crippen molar-refractivity contribution in [2.24, 2.45) is 0 Å². The largest absolute Gasteiger partial charge is 0.494 e. The fourth-order valence-corrected chi connectivity index (χ4v) is 1.46. The summed E-state index contributed by atoms with van der Waals surface area (Å²) in [5.74, 6) is -1.59. The Morgan fingerprint density at radius 2 is 1.89 bits per heavy atom. The average molecular weight is 253 g/mol.